The number of aliphatic hydroxyl groups is 1. The van der Waals surface area contributed by atoms with E-state index in [9.17, 15) is 0 Å². The minimum Gasteiger partial charge on any atom is -0.394 e. The van der Waals surface area contributed by atoms with Crippen molar-refractivity contribution in [3.63, 3.8) is 0 Å². The number of nitrogens with one attached hydrogen (secondary N) is 1. The highest BCUT2D eigenvalue weighted by atomic mass is 35.5. The van der Waals surface area contributed by atoms with Gasteiger partial charge in [-0.1, -0.05) is 23.8 Å². The highest BCUT2D eigenvalue weighted by Crippen LogP contribution is 2.32. The number of hydrogen-bond donors (Lipinski definition) is 2. The molecule has 2 N–H and O–H groups in total. The van der Waals surface area contributed by atoms with Crippen LogP contribution in [0.1, 0.15) is 5.56 Å². The van der Waals surface area contributed by atoms with Crippen LogP contribution in [0.15, 0.2) is 23.2 Å². The zero-order chi connectivity index (χ0) is 14.1. The zero-order valence-corrected chi connectivity index (χ0v) is 13.1. The van der Waals surface area contributed by atoms with E-state index in [4.69, 9.17) is 28.9 Å². The molecule has 1 aromatic rings. The van der Waals surface area contributed by atoms with Crippen LogP contribution >= 0.6 is 35.6 Å². The van der Waals surface area contributed by atoms with Crippen LogP contribution in [0, 0.1) is 0 Å². The summed E-state index contributed by atoms with van der Waals surface area (Å²) in [6, 6.07) is 5.80. The van der Waals surface area contributed by atoms with Crippen LogP contribution < -0.4 is 5.32 Å². The van der Waals surface area contributed by atoms with Gasteiger partial charge in [-0.25, -0.2) is 0 Å². The standard InChI is InChI=1S/C13H14ClN3OS2/c14-8-1-2-10-9(5-8)13(19)17-7-20-6-11(17)12(16-10)15-3-4-18/h1-2,5,11,18H,3-4,6-7H2,(H,15,16)/t11-/m0/s1. The monoisotopic (exact) mass is 327 g/mol. The summed E-state index contributed by atoms with van der Waals surface area (Å²) < 4.78 is 0. The number of halogens is 1. The molecule has 0 aliphatic carbocycles. The lowest BCUT2D eigenvalue weighted by atomic mass is 10.1. The summed E-state index contributed by atoms with van der Waals surface area (Å²) in [7, 11) is 0. The van der Waals surface area contributed by atoms with Crippen LogP contribution in [-0.2, 0) is 0 Å². The van der Waals surface area contributed by atoms with E-state index in [1.807, 2.05) is 30.0 Å². The van der Waals surface area contributed by atoms with Crippen LogP contribution in [0.3, 0.4) is 0 Å². The van der Waals surface area contributed by atoms with Crippen molar-refractivity contribution in [2.75, 3.05) is 30.1 Å². The van der Waals surface area contributed by atoms with Crippen LogP contribution in [0.4, 0.5) is 5.69 Å². The molecule has 0 bridgehead atoms. The quantitative estimate of drug-likeness (QED) is 0.816. The number of hydrogen-bond acceptors (Lipinski definition) is 4. The summed E-state index contributed by atoms with van der Waals surface area (Å²) in [5.74, 6) is 2.67. The molecule has 0 radical (unpaired) electrons. The van der Waals surface area contributed by atoms with Crippen molar-refractivity contribution >= 4 is 52.1 Å². The number of fused-ring (bicyclic) bond motifs is 2. The predicted molar refractivity (Wildman–Crippen MR) is 89.1 cm³/mol. The largest absolute Gasteiger partial charge is 0.394 e. The van der Waals surface area contributed by atoms with Gasteiger partial charge in [0.1, 0.15) is 10.8 Å². The average Bonchev–Trinajstić information content (AvgIpc) is 2.89. The maximum Gasteiger partial charge on any atom is 0.125 e. The second-order valence-electron chi connectivity index (χ2n) is 4.60. The number of aliphatic imine (C=N–C) groups is 1. The van der Waals surface area contributed by atoms with Crippen molar-refractivity contribution < 1.29 is 5.11 Å². The SMILES string of the molecule is OCCN=C1Nc2ccc(Cl)cc2C(=S)N2CSC[C@@H]12. The van der Waals surface area contributed by atoms with Crippen LogP contribution in [0.5, 0.6) is 0 Å². The first kappa shape index (κ1) is 14.1. The molecule has 106 valence electrons. The van der Waals surface area contributed by atoms with Crippen LogP contribution in [0.2, 0.25) is 5.02 Å². The van der Waals surface area contributed by atoms with Gasteiger partial charge >= 0.3 is 0 Å². The Hall–Kier alpha value is -0.820. The Morgan fingerprint density at radius 1 is 1.55 bits per heavy atom. The maximum atomic E-state index is 8.99. The minimum absolute atomic E-state index is 0.0446. The number of thioether (sulfide) groups is 1. The molecule has 3 rings (SSSR count). The van der Waals surface area contributed by atoms with Gasteiger partial charge in [-0.05, 0) is 18.2 Å². The summed E-state index contributed by atoms with van der Waals surface area (Å²) in [5.41, 5.74) is 1.87. The minimum atomic E-state index is 0.0446. The fourth-order valence-electron chi connectivity index (χ4n) is 2.36. The Morgan fingerprint density at radius 3 is 3.20 bits per heavy atom. The van der Waals surface area contributed by atoms with E-state index in [1.54, 1.807) is 0 Å². The van der Waals surface area contributed by atoms with Crippen molar-refractivity contribution in [3.05, 3.63) is 28.8 Å². The smallest absolute Gasteiger partial charge is 0.125 e. The van der Waals surface area contributed by atoms with Gasteiger partial charge in [0.05, 0.1) is 25.1 Å². The molecule has 0 aromatic heterocycles. The molecule has 1 aromatic carbocycles. The highest BCUT2D eigenvalue weighted by Gasteiger charge is 2.35. The number of anilines is 1. The van der Waals surface area contributed by atoms with Gasteiger partial charge in [-0.3, -0.25) is 4.99 Å². The number of rotatable bonds is 2. The summed E-state index contributed by atoms with van der Waals surface area (Å²) in [6.45, 7) is 0.440. The predicted octanol–water partition coefficient (Wildman–Crippen LogP) is 2.21. The molecule has 1 fully saturated rings. The van der Waals surface area contributed by atoms with Gasteiger partial charge < -0.3 is 15.3 Å². The molecule has 0 spiro atoms. The summed E-state index contributed by atoms with van der Waals surface area (Å²) in [4.78, 5) is 7.44. The zero-order valence-electron chi connectivity index (χ0n) is 10.7. The first-order valence-electron chi connectivity index (χ1n) is 6.31. The van der Waals surface area contributed by atoms with Gasteiger partial charge in [0.2, 0.25) is 0 Å². The van der Waals surface area contributed by atoms with Crippen molar-refractivity contribution in [2.24, 2.45) is 4.99 Å². The van der Waals surface area contributed by atoms with E-state index in [2.05, 4.69) is 15.2 Å². The molecule has 1 atom stereocenters. The second-order valence-corrected chi connectivity index (χ2v) is 6.42. The second kappa shape index (κ2) is 5.89. The third-order valence-electron chi connectivity index (χ3n) is 3.32. The van der Waals surface area contributed by atoms with E-state index in [0.717, 1.165) is 33.7 Å². The third kappa shape index (κ3) is 2.53. The van der Waals surface area contributed by atoms with Gasteiger partial charge in [-0.15, -0.1) is 11.8 Å². The molecule has 0 amide bonds. The van der Waals surface area contributed by atoms with E-state index in [-0.39, 0.29) is 12.6 Å². The molecule has 20 heavy (non-hydrogen) atoms. The fraction of sp³-hybridized carbons (Fsp3) is 0.385. The molecule has 2 aliphatic rings. The fourth-order valence-corrected chi connectivity index (χ4v) is 4.15. The topological polar surface area (TPSA) is 47.9 Å². The maximum absolute atomic E-state index is 8.99. The Morgan fingerprint density at radius 2 is 2.40 bits per heavy atom. The molecule has 2 heterocycles. The van der Waals surface area contributed by atoms with E-state index in [0.29, 0.717) is 11.6 Å². The lowest BCUT2D eigenvalue weighted by Gasteiger charge is -2.23. The van der Waals surface area contributed by atoms with E-state index in [1.165, 1.54) is 0 Å². The Bertz CT molecular complexity index is 579. The molecule has 2 aliphatic heterocycles. The Labute approximate surface area is 132 Å². The van der Waals surface area contributed by atoms with Crippen molar-refractivity contribution in [2.45, 2.75) is 6.04 Å². The number of amidine groups is 1. The van der Waals surface area contributed by atoms with Crippen molar-refractivity contribution in [3.8, 4) is 0 Å². The average molecular weight is 328 g/mol. The third-order valence-corrected chi connectivity index (χ3v) is 5.02. The van der Waals surface area contributed by atoms with Crippen LogP contribution in [-0.4, -0.2) is 51.7 Å². The Kier molecular flexibility index (Phi) is 4.16. The lowest BCUT2D eigenvalue weighted by Crippen LogP contribution is -2.41. The molecular weight excluding hydrogens is 314 g/mol. The normalized spacial score (nSPS) is 23.3. The van der Waals surface area contributed by atoms with Gasteiger partial charge in [0, 0.05) is 22.0 Å². The van der Waals surface area contributed by atoms with Crippen molar-refractivity contribution in [1.82, 2.24) is 4.90 Å². The number of nitrogens with zero attached hydrogens (tertiary/aromatic N) is 2. The first-order valence-corrected chi connectivity index (χ1v) is 8.25. The number of benzene rings is 1. The van der Waals surface area contributed by atoms with Gasteiger partial charge in [0.15, 0.2) is 0 Å². The van der Waals surface area contributed by atoms with E-state index >= 15 is 0 Å². The molecular formula is C13H14ClN3OS2. The Balaban J connectivity index is 2.06. The van der Waals surface area contributed by atoms with Gasteiger partial charge in [-0.2, -0.15) is 0 Å². The summed E-state index contributed by atoms with van der Waals surface area (Å²) >= 11 is 13.5. The van der Waals surface area contributed by atoms with Crippen molar-refractivity contribution in [1.29, 1.82) is 0 Å². The van der Waals surface area contributed by atoms with E-state index < -0.39 is 0 Å². The molecule has 1 saturated heterocycles. The highest BCUT2D eigenvalue weighted by molar-refractivity contribution is 7.99. The lowest BCUT2D eigenvalue weighted by molar-refractivity contribution is 0.306. The van der Waals surface area contributed by atoms with Crippen LogP contribution in [0.25, 0.3) is 0 Å². The number of thiocarbonyl (C=S) groups is 1. The molecule has 0 unspecified atom stereocenters. The summed E-state index contributed by atoms with van der Waals surface area (Å²) in [5, 5.41) is 13.0. The van der Waals surface area contributed by atoms with Gasteiger partial charge in [0.25, 0.3) is 0 Å². The number of aliphatic hydroxyl groups excluding tert-OH is 1. The summed E-state index contributed by atoms with van der Waals surface area (Å²) in [6.07, 6.45) is 0. The molecule has 4 nitrogen and oxygen atoms in total. The molecule has 7 heteroatoms. The molecule has 0 saturated carbocycles. The first-order chi connectivity index (χ1) is 9.70.